The quantitative estimate of drug-likeness (QED) is 0.475. The van der Waals surface area contributed by atoms with E-state index in [9.17, 15) is 0 Å². The average molecular weight is 245 g/mol. The first-order chi connectivity index (χ1) is 7.16. The number of nitrogens with one attached hydrogen (secondary N) is 1. The van der Waals surface area contributed by atoms with Crippen molar-refractivity contribution >= 4 is 29.2 Å². The molecule has 0 saturated carbocycles. The number of hydrogen-bond acceptors (Lipinski definition) is 3. The second-order valence-electron chi connectivity index (χ2n) is 2.87. The molecule has 5 heteroatoms. The van der Waals surface area contributed by atoms with E-state index >= 15 is 0 Å². The first-order valence-electron chi connectivity index (χ1n) is 4.41. The lowest BCUT2D eigenvalue weighted by Crippen LogP contribution is -2.14. The molecule has 0 atom stereocenters. The molecule has 15 heavy (non-hydrogen) atoms. The molecule has 1 rings (SSSR count). The Morgan fingerprint density at radius 2 is 2.33 bits per heavy atom. The highest BCUT2D eigenvalue weighted by Crippen LogP contribution is 2.25. The predicted octanol–water partition coefficient (Wildman–Crippen LogP) is 2.37. The Balaban J connectivity index is 2.86. The summed E-state index contributed by atoms with van der Waals surface area (Å²) < 4.78 is 5.49. The fourth-order valence-corrected chi connectivity index (χ4v) is 1.64. The van der Waals surface area contributed by atoms with Crippen LogP contribution >= 0.6 is 23.4 Å². The number of halogens is 1. The smallest absolute Gasteiger partial charge is 0.131 e. The van der Waals surface area contributed by atoms with Crippen molar-refractivity contribution in [2.75, 3.05) is 18.6 Å². The van der Waals surface area contributed by atoms with Gasteiger partial charge in [0.15, 0.2) is 0 Å². The van der Waals surface area contributed by atoms with Crippen molar-refractivity contribution in [1.29, 1.82) is 5.41 Å². The minimum absolute atomic E-state index is 0.0697. The minimum Gasteiger partial charge on any atom is -0.492 e. The van der Waals surface area contributed by atoms with Gasteiger partial charge in [-0.1, -0.05) is 17.7 Å². The lowest BCUT2D eigenvalue weighted by atomic mass is 10.2. The molecule has 0 aliphatic heterocycles. The van der Waals surface area contributed by atoms with Crippen LogP contribution < -0.4 is 10.5 Å². The summed E-state index contributed by atoms with van der Waals surface area (Å²) in [6.45, 7) is 0.585. The summed E-state index contributed by atoms with van der Waals surface area (Å²) in [5.74, 6) is 1.40. The molecular formula is C10H13ClN2OS. The molecule has 0 aliphatic rings. The number of nitrogen functional groups attached to an aromatic ring is 1. The number of ether oxygens (including phenoxy) is 1. The van der Waals surface area contributed by atoms with Gasteiger partial charge in [-0.15, -0.1) is 0 Å². The molecule has 82 valence electrons. The molecule has 0 aromatic heterocycles. The van der Waals surface area contributed by atoms with E-state index in [1.54, 1.807) is 30.0 Å². The van der Waals surface area contributed by atoms with E-state index < -0.39 is 0 Å². The van der Waals surface area contributed by atoms with Crippen LogP contribution in [0.4, 0.5) is 0 Å². The van der Waals surface area contributed by atoms with Crippen LogP contribution in [0.2, 0.25) is 5.02 Å². The summed E-state index contributed by atoms with van der Waals surface area (Å²) in [4.78, 5) is 0. The molecule has 1 aromatic carbocycles. The van der Waals surface area contributed by atoms with Crippen molar-refractivity contribution in [3.63, 3.8) is 0 Å². The molecule has 3 N–H and O–H groups in total. The maximum Gasteiger partial charge on any atom is 0.131 e. The van der Waals surface area contributed by atoms with Gasteiger partial charge in [-0.25, -0.2) is 0 Å². The zero-order valence-corrected chi connectivity index (χ0v) is 9.99. The molecule has 1 aromatic rings. The number of thioether (sulfide) groups is 1. The van der Waals surface area contributed by atoms with Crippen molar-refractivity contribution < 1.29 is 4.74 Å². The van der Waals surface area contributed by atoms with Gasteiger partial charge in [-0.05, 0) is 18.4 Å². The second kappa shape index (κ2) is 5.88. The Labute approximate surface area is 98.5 Å². The number of amidine groups is 1. The molecule has 0 amide bonds. The van der Waals surface area contributed by atoms with Gasteiger partial charge in [-0.2, -0.15) is 11.8 Å². The number of nitrogens with two attached hydrogens (primary N) is 1. The fourth-order valence-electron chi connectivity index (χ4n) is 1.12. The topological polar surface area (TPSA) is 59.1 Å². The monoisotopic (exact) mass is 244 g/mol. The third-order valence-corrected chi connectivity index (χ3v) is 2.68. The molecule has 3 nitrogen and oxygen atoms in total. The van der Waals surface area contributed by atoms with E-state index in [0.29, 0.717) is 22.9 Å². The van der Waals surface area contributed by atoms with Crippen LogP contribution in [0.3, 0.4) is 0 Å². The summed E-state index contributed by atoms with van der Waals surface area (Å²) in [6, 6.07) is 5.24. The van der Waals surface area contributed by atoms with Crippen LogP contribution in [0.1, 0.15) is 5.56 Å². The van der Waals surface area contributed by atoms with E-state index in [-0.39, 0.29) is 5.84 Å². The average Bonchev–Trinajstić information content (AvgIpc) is 2.17. The van der Waals surface area contributed by atoms with Gasteiger partial charge in [0.25, 0.3) is 0 Å². The third kappa shape index (κ3) is 3.32. The lowest BCUT2D eigenvalue weighted by molar-refractivity contribution is 0.343. The van der Waals surface area contributed by atoms with Crippen LogP contribution in [-0.2, 0) is 0 Å². The molecule has 0 aliphatic carbocycles. The summed E-state index contributed by atoms with van der Waals surface area (Å²) in [6.07, 6.45) is 2.01. The van der Waals surface area contributed by atoms with E-state index in [2.05, 4.69) is 0 Å². The van der Waals surface area contributed by atoms with Gasteiger partial charge in [0.1, 0.15) is 11.6 Å². The highest BCUT2D eigenvalue weighted by molar-refractivity contribution is 7.98. The van der Waals surface area contributed by atoms with Crippen molar-refractivity contribution in [3.8, 4) is 5.75 Å². The Bertz CT molecular complexity index is 357. The zero-order valence-electron chi connectivity index (χ0n) is 8.42. The van der Waals surface area contributed by atoms with Gasteiger partial charge < -0.3 is 10.5 Å². The van der Waals surface area contributed by atoms with Gasteiger partial charge in [0.2, 0.25) is 0 Å². The third-order valence-electron chi connectivity index (χ3n) is 1.79. The summed E-state index contributed by atoms with van der Waals surface area (Å²) >= 11 is 7.63. The van der Waals surface area contributed by atoms with Crippen molar-refractivity contribution in [2.24, 2.45) is 5.73 Å². The van der Waals surface area contributed by atoms with Crippen molar-refractivity contribution in [1.82, 2.24) is 0 Å². The minimum atomic E-state index is -0.0697. The maximum absolute atomic E-state index is 7.41. The predicted molar refractivity (Wildman–Crippen MR) is 66.3 cm³/mol. The molecule has 0 saturated heterocycles. The van der Waals surface area contributed by atoms with Gasteiger partial charge in [-0.3, -0.25) is 5.41 Å². The highest BCUT2D eigenvalue weighted by Gasteiger charge is 2.10. The largest absolute Gasteiger partial charge is 0.492 e. The van der Waals surface area contributed by atoms with Crippen molar-refractivity contribution in [2.45, 2.75) is 0 Å². The fraction of sp³-hybridized carbons (Fsp3) is 0.300. The van der Waals surface area contributed by atoms with E-state index in [4.69, 9.17) is 27.5 Å². The highest BCUT2D eigenvalue weighted by atomic mass is 35.5. The van der Waals surface area contributed by atoms with Crippen LogP contribution in [0.5, 0.6) is 5.75 Å². The zero-order chi connectivity index (χ0) is 11.3. The maximum atomic E-state index is 7.41. The van der Waals surface area contributed by atoms with E-state index in [1.807, 2.05) is 6.26 Å². The molecule has 0 bridgehead atoms. The Morgan fingerprint density at radius 1 is 1.60 bits per heavy atom. The summed E-state index contributed by atoms with van der Waals surface area (Å²) in [5, 5.41) is 7.85. The number of rotatable bonds is 5. The van der Waals surface area contributed by atoms with Crippen LogP contribution in [0, 0.1) is 5.41 Å². The van der Waals surface area contributed by atoms with Gasteiger partial charge in [0.05, 0.1) is 17.2 Å². The molecule has 0 unspecified atom stereocenters. The normalized spacial score (nSPS) is 10.0. The Hall–Kier alpha value is -0.870. The second-order valence-corrected chi connectivity index (χ2v) is 4.26. The molecule has 0 radical (unpaired) electrons. The van der Waals surface area contributed by atoms with Crippen LogP contribution in [0.15, 0.2) is 18.2 Å². The molecule has 0 spiro atoms. The Morgan fingerprint density at radius 3 is 2.93 bits per heavy atom. The van der Waals surface area contributed by atoms with Crippen LogP contribution in [0.25, 0.3) is 0 Å². The molecule has 0 fully saturated rings. The van der Waals surface area contributed by atoms with Crippen molar-refractivity contribution in [3.05, 3.63) is 28.8 Å². The number of benzene rings is 1. The first kappa shape index (κ1) is 12.2. The van der Waals surface area contributed by atoms with E-state index in [1.165, 1.54) is 0 Å². The van der Waals surface area contributed by atoms with Gasteiger partial charge >= 0.3 is 0 Å². The van der Waals surface area contributed by atoms with Crippen LogP contribution in [-0.4, -0.2) is 24.5 Å². The summed E-state index contributed by atoms with van der Waals surface area (Å²) in [7, 11) is 0. The standard InChI is InChI=1S/C10H13ClN2OS/c1-15-6-5-14-8-4-2-3-7(11)9(8)10(12)13/h2-4H,5-6H2,1H3,(H3,12,13). The lowest BCUT2D eigenvalue weighted by Gasteiger charge is -2.11. The van der Waals surface area contributed by atoms with Gasteiger partial charge in [0, 0.05) is 5.75 Å². The first-order valence-corrected chi connectivity index (χ1v) is 6.18. The SMILES string of the molecule is CSCCOc1cccc(Cl)c1C(=N)N. The number of hydrogen-bond donors (Lipinski definition) is 2. The Kier molecular flexibility index (Phi) is 4.78. The molecular weight excluding hydrogens is 232 g/mol. The summed E-state index contributed by atoms with van der Waals surface area (Å²) in [5.41, 5.74) is 5.91. The molecule has 0 heterocycles. The van der Waals surface area contributed by atoms with E-state index in [0.717, 1.165) is 5.75 Å².